The first-order valence-electron chi connectivity index (χ1n) is 4.80. The molecule has 0 spiro atoms. The molecule has 4 nitrogen and oxygen atoms in total. The molecular formula is C9H22N2O2. The zero-order chi connectivity index (χ0) is 10.3. The van der Waals surface area contributed by atoms with Crippen LogP contribution < -0.4 is 0 Å². The van der Waals surface area contributed by atoms with Gasteiger partial charge in [0, 0.05) is 6.54 Å². The van der Waals surface area contributed by atoms with Crippen molar-refractivity contribution < 1.29 is 9.84 Å². The van der Waals surface area contributed by atoms with Gasteiger partial charge in [-0.25, -0.2) is 0 Å². The third-order valence-corrected chi connectivity index (χ3v) is 1.93. The van der Waals surface area contributed by atoms with Gasteiger partial charge < -0.3 is 14.7 Å². The van der Waals surface area contributed by atoms with Gasteiger partial charge in [-0.1, -0.05) is 13.8 Å². The highest BCUT2D eigenvalue weighted by molar-refractivity contribution is 4.49. The third-order valence-electron chi connectivity index (χ3n) is 1.93. The van der Waals surface area contributed by atoms with Crippen LogP contribution in [-0.4, -0.2) is 61.7 Å². The topological polar surface area (TPSA) is 35.9 Å². The number of hydrogen-bond acceptors (Lipinski definition) is 4. The monoisotopic (exact) mass is 190 g/mol. The summed E-state index contributed by atoms with van der Waals surface area (Å²) in [4.78, 5) is 3.88. The molecule has 0 aromatic rings. The van der Waals surface area contributed by atoms with Crippen molar-refractivity contribution in [1.82, 2.24) is 9.80 Å². The summed E-state index contributed by atoms with van der Waals surface area (Å²) >= 11 is 0. The van der Waals surface area contributed by atoms with E-state index in [1.165, 1.54) is 0 Å². The van der Waals surface area contributed by atoms with Gasteiger partial charge in [-0.2, -0.15) is 0 Å². The Hall–Kier alpha value is -0.160. The fraction of sp³-hybridized carbons (Fsp3) is 1.00. The molecule has 13 heavy (non-hydrogen) atoms. The summed E-state index contributed by atoms with van der Waals surface area (Å²) in [5.74, 6) is 0. The van der Waals surface area contributed by atoms with Gasteiger partial charge in [-0.3, -0.25) is 4.90 Å². The molecule has 0 aromatic heterocycles. The average molecular weight is 190 g/mol. The number of aliphatic hydroxyl groups excluding tert-OH is 1. The second kappa shape index (κ2) is 7.26. The molecule has 0 aliphatic carbocycles. The van der Waals surface area contributed by atoms with Crippen LogP contribution in [-0.2, 0) is 4.74 Å². The Balaban J connectivity index is 3.53. The van der Waals surface area contributed by atoms with Crippen molar-refractivity contribution in [1.29, 1.82) is 0 Å². The average Bonchev–Trinajstić information content (AvgIpc) is 2.05. The van der Waals surface area contributed by atoms with Gasteiger partial charge in [0.2, 0.25) is 6.41 Å². The minimum atomic E-state index is -0.755. The highest BCUT2D eigenvalue weighted by Gasteiger charge is 2.11. The van der Waals surface area contributed by atoms with E-state index in [2.05, 4.69) is 0 Å². The summed E-state index contributed by atoms with van der Waals surface area (Å²) in [5, 5.41) is 9.51. The smallest absolute Gasteiger partial charge is 0.216 e. The van der Waals surface area contributed by atoms with Gasteiger partial charge in [-0.15, -0.1) is 0 Å². The lowest BCUT2D eigenvalue weighted by Crippen LogP contribution is -2.38. The molecule has 1 N–H and O–H groups in total. The van der Waals surface area contributed by atoms with Crippen LogP contribution >= 0.6 is 0 Å². The molecule has 0 fully saturated rings. The number of rotatable bonds is 7. The molecule has 0 heterocycles. The second-order valence-electron chi connectivity index (χ2n) is 3.22. The van der Waals surface area contributed by atoms with Gasteiger partial charge in [0.05, 0.1) is 6.61 Å². The van der Waals surface area contributed by atoms with Gasteiger partial charge in [-0.05, 0) is 27.2 Å². The van der Waals surface area contributed by atoms with E-state index in [9.17, 15) is 5.11 Å². The van der Waals surface area contributed by atoms with Crippen molar-refractivity contribution >= 4 is 0 Å². The van der Waals surface area contributed by atoms with Crippen LogP contribution in [0.3, 0.4) is 0 Å². The minimum Gasteiger partial charge on any atom is -0.356 e. The predicted octanol–water partition coefficient (Wildman–Crippen LogP) is 0.182. The third kappa shape index (κ3) is 5.99. The van der Waals surface area contributed by atoms with Crippen LogP contribution in [0.15, 0.2) is 0 Å². The summed E-state index contributed by atoms with van der Waals surface area (Å²) in [6.07, 6.45) is -0.755. The van der Waals surface area contributed by atoms with E-state index >= 15 is 0 Å². The number of likely N-dealkylation sites (N-methyl/N-ethyl adjacent to an activating group) is 1. The normalized spacial score (nSPS) is 14.1. The van der Waals surface area contributed by atoms with Crippen molar-refractivity contribution in [3.8, 4) is 0 Å². The molecule has 0 saturated carbocycles. The Morgan fingerprint density at radius 2 is 1.77 bits per heavy atom. The SMILES string of the molecule is CCN(CC)C(O)OCCN(C)C. The molecule has 80 valence electrons. The van der Waals surface area contributed by atoms with E-state index in [4.69, 9.17) is 4.74 Å². The quantitative estimate of drug-likeness (QED) is 0.581. The molecule has 0 aromatic carbocycles. The molecule has 0 amide bonds. The summed E-state index contributed by atoms with van der Waals surface area (Å²) in [6.45, 7) is 7.01. The maximum Gasteiger partial charge on any atom is 0.216 e. The molecule has 0 rings (SSSR count). The molecule has 0 radical (unpaired) electrons. The molecule has 0 saturated heterocycles. The summed E-state index contributed by atoms with van der Waals surface area (Å²) in [5.41, 5.74) is 0. The lowest BCUT2D eigenvalue weighted by Gasteiger charge is -2.25. The van der Waals surface area contributed by atoms with Crippen LogP contribution in [0.4, 0.5) is 0 Å². The van der Waals surface area contributed by atoms with E-state index in [0.717, 1.165) is 19.6 Å². The Labute approximate surface area is 81.1 Å². The standard InChI is InChI=1S/C9H22N2O2/c1-5-11(6-2)9(12)13-8-7-10(3)4/h9,12H,5-8H2,1-4H3. The minimum absolute atomic E-state index is 0.560. The van der Waals surface area contributed by atoms with Crippen LogP contribution in [0.1, 0.15) is 13.8 Å². The lowest BCUT2D eigenvalue weighted by atomic mass is 10.5. The summed E-state index contributed by atoms with van der Waals surface area (Å²) in [6, 6.07) is 0. The largest absolute Gasteiger partial charge is 0.356 e. The number of nitrogens with zero attached hydrogens (tertiary/aromatic N) is 2. The van der Waals surface area contributed by atoms with E-state index < -0.39 is 6.41 Å². The zero-order valence-corrected chi connectivity index (χ0v) is 9.16. The fourth-order valence-corrected chi connectivity index (χ4v) is 0.982. The van der Waals surface area contributed by atoms with Crippen molar-refractivity contribution in [2.24, 2.45) is 0 Å². The van der Waals surface area contributed by atoms with Crippen molar-refractivity contribution in [3.63, 3.8) is 0 Å². The van der Waals surface area contributed by atoms with Crippen LogP contribution in [0.5, 0.6) is 0 Å². The van der Waals surface area contributed by atoms with Crippen molar-refractivity contribution in [2.75, 3.05) is 40.3 Å². The summed E-state index contributed by atoms with van der Waals surface area (Å²) in [7, 11) is 3.96. The number of aliphatic hydroxyl groups is 1. The highest BCUT2D eigenvalue weighted by atomic mass is 16.6. The van der Waals surface area contributed by atoms with Crippen molar-refractivity contribution in [2.45, 2.75) is 20.3 Å². The Morgan fingerprint density at radius 1 is 1.23 bits per heavy atom. The lowest BCUT2D eigenvalue weighted by molar-refractivity contribution is -0.191. The highest BCUT2D eigenvalue weighted by Crippen LogP contribution is 1.96. The fourth-order valence-electron chi connectivity index (χ4n) is 0.982. The predicted molar refractivity (Wildman–Crippen MR) is 53.4 cm³/mol. The number of ether oxygens (including phenoxy) is 1. The van der Waals surface area contributed by atoms with Crippen LogP contribution in [0.25, 0.3) is 0 Å². The first-order chi connectivity index (χ1) is 6.11. The molecule has 1 atom stereocenters. The van der Waals surface area contributed by atoms with E-state index in [1.54, 1.807) is 0 Å². The maximum atomic E-state index is 9.51. The van der Waals surface area contributed by atoms with Crippen molar-refractivity contribution in [3.05, 3.63) is 0 Å². The van der Waals surface area contributed by atoms with Crippen LogP contribution in [0.2, 0.25) is 0 Å². The first-order valence-corrected chi connectivity index (χ1v) is 4.80. The van der Waals surface area contributed by atoms with E-state index in [-0.39, 0.29) is 0 Å². The Morgan fingerprint density at radius 3 is 2.15 bits per heavy atom. The van der Waals surface area contributed by atoms with Crippen LogP contribution in [0, 0.1) is 0 Å². The number of hydrogen-bond donors (Lipinski definition) is 1. The van der Waals surface area contributed by atoms with Gasteiger partial charge >= 0.3 is 0 Å². The molecule has 4 heteroatoms. The van der Waals surface area contributed by atoms with E-state index in [0.29, 0.717) is 6.61 Å². The molecule has 0 aliphatic rings. The second-order valence-corrected chi connectivity index (χ2v) is 3.22. The molecule has 0 bridgehead atoms. The van der Waals surface area contributed by atoms with E-state index in [1.807, 2.05) is 37.7 Å². The first kappa shape index (κ1) is 12.8. The molecular weight excluding hydrogens is 168 g/mol. The molecule has 1 unspecified atom stereocenters. The summed E-state index contributed by atoms with van der Waals surface area (Å²) < 4.78 is 5.24. The zero-order valence-electron chi connectivity index (χ0n) is 9.16. The molecule has 0 aliphatic heterocycles. The Bertz CT molecular complexity index is 116. The van der Waals surface area contributed by atoms with Gasteiger partial charge in [0.15, 0.2) is 0 Å². The van der Waals surface area contributed by atoms with Gasteiger partial charge in [0.25, 0.3) is 0 Å². The Kier molecular flexibility index (Phi) is 7.17. The van der Waals surface area contributed by atoms with Gasteiger partial charge in [0.1, 0.15) is 0 Å². The maximum absolute atomic E-state index is 9.51.